The van der Waals surface area contributed by atoms with Crippen LogP contribution >= 0.6 is 0 Å². The molecule has 1 amide bonds. The summed E-state index contributed by atoms with van der Waals surface area (Å²) in [7, 11) is 2.04. The highest BCUT2D eigenvalue weighted by molar-refractivity contribution is 5.95. The van der Waals surface area contributed by atoms with Crippen LogP contribution in [0.4, 0.5) is 10.1 Å². The number of carbonyl (C=O) groups is 1. The van der Waals surface area contributed by atoms with Gasteiger partial charge in [0.05, 0.1) is 6.04 Å². The van der Waals surface area contributed by atoms with Crippen molar-refractivity contribution in [3.05, 3.63) is 90.0 Å². The standard InChI is InChI=1S/C23H24FN3O/c1-26-15-5-9-20(26)21-10-6-16-27(21)22(17-7-3-2-4-8-17)23(28)25-19-13-11-18(24)12-14-19/h2-5,7-9,11-15,21-22H,6,10,16H2,1H3,(H,25,28)/t21-,22+/m1/s1. The first-order valence-corrected chi connectivity index (χ1v) is 9.62. The van der Waals surface area contributed by atoms with Crippen LogP contribution in [-0.4, -0.2) is 21.9 Å². The fourth-order valence-corrected chi connectivity index (χ4v) is 4.11. The van der Waals surface area contributed by atoms with Crippen LogP contribution in [0.5, 0.6) is 0 Å². The van der Waals surface area contributed by atoms with Crippen molar-refractivity contribution in [1.82, 2.24) is 9.47 Å². The van der Waals surface area contributed by atoms with Crippen molar-refractivity contribution in [2.45, 2.75) is 24.9 Å². The van der Waals surface area contributed by atoms with Gasteiger partial charge in [-0.1, -0.05) is 30.3 Å². The summed E-state index contributed by atoms with van der Waals surface area (Å²) in [5.74, 6) is -0.417. The molecule has 3 aromatic rings. The Bertz CT molecular complexity index is 936. The first-order valence-electron chi connectivity index (χ1n) is 9.62. The molecule has 2 aromatic carbocycles. The van der Waals surface area contributed by atoms with Gasteiger partial charge in [0.25, 0.3) is 0 Å². The summed E-state index contributed by atoms with van der Waals surface area (Å²) < 4.78 is 15.3. The van der Waals surface area contributed by atoms with Gasteiger partial charge in [-0.05, 0) is 61.3 Å². The van der Waals surface area contributed by atoms with E-state index < -0.39 is 6.04 Å². The zero-order chi connectivity index (χ0) is 19.5. The molecule has 0 spiro atoms. The van der Waals surface area contributed by atoms with Crippen LogP contribution < -0.4 is 5.32 Å². The number of hydrogen-bond donors (Lipinski definition) is 1. The highest BCUT2D eigenvalue weighted by Crippen LogP contribution is 2.39. The number of anilines is 1. The molecule has 2 heterocycles. The summed E-state index contributed by atoms with van der Waals surface area (Å²) >= 11 is 0. The van der Waals surface area contributed by atoms with Crippen LogP contribution in [0.25, 0.3) is 0 Å². The number of aromatic nitrogens is 1. The van der Waals surface area contributed by atoms with E-state index in [2.05, 4.69) is 20.9 Å². The van der Waals surface area contributed by atoms with Gasteiger partial charge in [-0.25, -0.2) is 4.39 Å². The van der Waals surface area contributed by atoms with E-state index in [-0.39, 0.29) is 17.8 Å². The highest BCUT2D eigenvalue weighted by atomic mass is 19.1. The molecule has 1 N–H and O–H groups in total. The topological polar surface area (TPSA) is 37.3 Å². The zero-order valence-electron chi connectivity index (χ0n) is 15.9. The van der Waals surface area contributed by atoms with Crippen LogP contribution in [0.1, 0.15) is 36.2 Å². The summed E-state index contributed by atoms with van der Waals surface area (Å²) in [6.07, 6.45) is 4.11. The number of amides is 1. The van der Waals surface area contributed by atoms with E-state index in [0.29, 0.717) is 5.69 Å². The molecule has 0 radical (unpaired) electrons. The molecule has 1 saturated heterocycles. The average Bonchev–Trinajstić information content (AvgIpc) is 3.33. The number of nitrogens with one attached hydrogen (secondary N) is 1. The number of likely N-dealkylation sites (tertiary alicyclic amines) is 1. The lowest BCUT2D eigenvalue weighted by Gasteiger charge is -2.33. The molecule has 144 valence electrons. The number of rotatable bonds is 5. The lowest BCUT2D eigenvalue weighted by atomic mass is 10.0. The van der Waals surface area contributed by atoms with Crippen LogP contribution in [0.2, 0.25) is 0 Å². The SMILES string of the molecule is Cn1cccc1[C@H]1CCCN1[C@H](C(=O)Nc1ccc(F)cc1)c1ccccc1. The third kappa shape index (κ3) is 3.71. The summed E-state index contributed by atoms with van der Waals surface area (Å²) in [4.78, 5) is 15.6. The molecule has 0 bridgehead atoms. The van der Waals surface area contributed by atoms with Crippen LogP contribution in [-0.2, 0) is 11.8 Å². The average molecular weight is 377 g/mol. The fourth-order valence-electron chi connectivity index (χ4n) is 4.11. The van der Waals surface area contributed by atoms with Gasteiger partial charge < -0.3 is 9.88 Å². The van der Waals surface area contributed by atoms with E-state index in [1.165, 1.54) is 17.8 Å². The molecule has 1 fully saturated rings. The van der Waals surface area contributed by atoms with Crippen molar-refractivity contribution in [3.8, 4) is 0 Å². The Morgan fingerprint density at radius 2 is 1.82 bits per heavy atom. The van der Waals surface area contributed by atoms with Crippen molar-refractivity contribution in [2.24, 2.45) is 7.05 Å². The Labute approximate surface area is 164 Å². The Morgan fingerprint density at radius 3 is 2.50 bits per heavy atom. The van der Waals surface area contributed by atoms with Crippen LogP contribution in [0.15, 0.2) is 72.9 Å². The summed E-state index contributed by atoms with van der Waals surface area (Å²) in [6, 6.07) is 19.7. The predicted octanol–water partition coefficient (Wildman–Crippen LogP) is 4.68. The molecule has 0 saturated carbocycles. The molecule has 1 aliphatic heterocycles. The minimum absolute atomic E-state index is 0.0982. The van der Waals surface area contributed by atoms with Gasteiger partial charge in [0.1, 0.15) is 11.9 Å². The van der Waals surface area contributed by atoms with Gasteiger partial charge in [-0.2, -0.15) is 0 Å². The van der Waals surface area contributed by atoms with Crippen LogP contribution in [0, 0.1) is 5.82 Å². The van der Waals surface area contributed by atoms with Crippen molar-refractivity contribution in [3.63, 3.8) is 0 Å². The van der Waals surface area contributed by atoms with E-state index >= 15 is 0 Å². The summed E-state index contributed by atoms with van der Waals surface area (Å²) in [5.41, 5.74) is 2.78. The van der Waals surface area contributed by atoms with Gasteiger partial charge in [0.15, 0.2) is 0 Å². The highest BCUT2D eigenvalue weighted by Gasteiger charge is 2.37. The van der Waals surface area contributed by atoms with Gasteiger partial charge >= 0.3 is 0 Å². The van der Waals surface area contributed by atoms with Gasteiger partial charge in [-0.3, -0.25) is 9.69 Å². The van der Waals surface area contributed by atoms with Crippen molar-refractivity contribution < 1.29 is 9.18 Å². The third-order valence-electron chi connectivity index (χ3n) is 5.43. The third-order valence-corrected chi connectivity index (χ3v) is 5.43. The maximum Gasteiger partial charge on any atom is 0.246 e. The van der Waals surface area contributed by atoms with E-state index in [1.807, 2.05) is 49.6 Å². The Kier molecular flexibility index (Phi) is 5.26. The number of carbonyl (C=O) groups excluding carboxylic acids is 1. The second-order valence-corrected chi connectivity index (χ2v) is 7.25. The van der Waals surface area contributed by atoms with E-state index in [0.717, 1.165) is 24.9 Å². The normalized spacial score (nSPS) is 18.1. The second kappa shape index (κ2) is 7.98. The second-order valence-electron chi connectivity index (χ2n) is 7.25. The number of nitrogens with zero attached hydrogens (tertiary/aromatic N) is 2. The van der Waals surface area contributed by atoms with Gasteiger partial charge in [0.2, 0.25) is 5.91 Å². The first kappa shape index (κ1) is 18.4. The molecule has 0 aliphatic carbocycles. The Morgan fingerprint density at radius 1 is 1.07 bits per heavy atom. The molecule has 1 aliphatic rings. The predicted molar refractivity (Wildman–Crippen MR) is 108 cm³/mol. The molecule has 1 aromatic heterocycles. The summed E-state index contributed by atoms with van der Waals surface area (Å²) in [6.45, 7) is 0.853. The molecule has 4 nitrogen and oxygen atoms in total. The minimum atomic E-state index is -0.409. The monoisotopic (exact) mass is 377 g/mol. The molecular weight excluding hydrogens is 353 g/mol. The largest absolute Gasteiger partial charge is 0.353 e. The Balaban J connectivity index is 1.66. The van der Waals surface area contributed by atoms with E-state index in [9.17, 15) is 9.18 Å². The molecule has 2 atom stereocenters. The number of aryl methyl sites for hydroxylation is 1. The lowest BCUT2D eigenvalue weighted by molar-refractivity contribution is -0.122. The van der Waals surface area contributed by atoms with E-state index in [1.54, 1.807) is 12.1 Å². The molecule has 5 heteroatoms. The van der Waals surface area contributed by atoms with Gasteiger partial charge in [0, 0.05) is 24.6 Å². The van der Waals surface area contributed by atoms with Crippen molar-refractivity contribution in [1.29, 1.82) is 0 Å². The van der Waals surface area contributed by atoms with Crippen LogP contribution in [0.3, 0.4) is 0 Å². The van der Waals surface area contributed by atoms with Crippen molar-refractivity contribution in [2.75, 3.05) is 11.9 Å². The lowest BCUT2D eigenvalue weighted by Crippen LogP contribution is -2.37. The molecule has 0 unspecified atom stereocenters. The van der Waals surface area contributed by atoms with Gasteiger partial charge in [-0.15, -0.1) is 0 Å². The Hall–Kier alpha value is -2.92. The van der Waals surface area contributed by atoms with Crippen molar-refractivity contribution >= 4 is 11.6 Å². The number of hydrogen-bond acceptors (Lipinski definition) is 2. The first-order chi connectivity index (χ1) is 13.6. The summed E-state index contributed by atoms with van der Waals surface area (Å²) in [5, 5.41) is 2.97. The maximum absolute atomic E-state index is 13.3. The maximum atomic E-state index is 13.3. The number of benzene rings is 2. The zero-order valence-corrected chi connectivity index (χ0v) is 15.9. The van der Waals surface area contributed by atoms with E-state index in [4.69, 9.17) is 0 Å². The molecular formula is C23H24FN3O. The molecule has 28 heavy (non-hydrogen) atoms. The minimum Gasteiger partial charge on any atom is -0.353 e. The quantitative estimate of drug-likeness (QED) is 0.701. The number of halogens is 1. The fraction of sp³-hybridized carbons (Fsp3) is 0.261. The molecule has 4 rings (SSSR count). The smallest absolute Gasteiger partial charge is 0.246 e.